The zero-order chi connectivity index (χ0) is 17.4. The number of nitro benzene ring substituents is 1. The second-order valence-electron chi connectivity index (χ2n) is 4.68. The SMILES string of the molecule is CCCOCC(=O)N(C)c1cc([N+](=O)[O-])ccc1C(=O)OCC. The van der Waals surface area contributed by atoms with Gasteiger partial charge in [0.2, 0.25) is 0 Å². The number of non-ortho nitro benzene ring substituents is 1. The predicted molar refractivity (Wildman–Crippen MR) is 83.6 cm³/mol. The van der Waals surface area contributed by atoms with Crippen LogP contribution in [0.25, 0.3) is 0 Å². The summed E-state index contributed by atoms with van der Waals surface area (Å²) in [6.45, 7) is 3.98. The largest absolute Gasteiger partial charge is 0.462 e. The molecule has 0 aliphatic rings. The van der Waals surface area contributed by atoms with Crippen LogP contribution in [-0.4, -0.2) is 43.7 Å². The number of carbonyl (C=O) groups excluding carboxylic acids is 2. The van der Waals surface area contributed by atoms with Crippen molar-refractivity contribution in [2.24, 2.45) is 0 Å². The highest BCUT2D eigenvalue weighted by molar-refractivity contribution is 6.03. The number of rotatable bonds is 8. The third kappa shape index (κ3) is 5.03. The van der Waals surface area contributed by atoms with Gasteiger partial charge in [-0.1, -0.05) is 6.92 Å². The first kappa shape index (κ1) is 18.6. The van der Waals surface area contributed by atoms with Gasteiger partial charge in [0, 0.05) is 25.8 Å². The summed E-state index contributed by atoms with van der Waals surface area (Å²) in [4.78, 5) is 35.6. The summed E-state index contributed by atoms with van der Waals surface area (Å²) in [7, 11) is 1.43. The highest BCUT2D eigenvalue weighted by atomic mass is 16.6. The van der Waals surface area contributed by atoms with Crippen molar-refractivity contribution >= 4 is 23.3 Å². The van der Waals surface area contributed by atoms with Gasteiger partial charge in [-0.05, 0) is 19.4 Å². The summed E-state index contributed by atoms with van der Waals surface area (Å²) in [5, 5.41) is 10.9. The third-order valence-electron chi connectivity index (χ3n) is 3.00. The van der Waals surface area contributed by atoms with E-state index in [0.29, 0.717) is 6.61 Å². The second kappa shape index (κ2) is 8.84. The number of carbonyl (C=O) groups is 2. The molecule has 0 unspecified atom stereocenters. The maximum absolute atomic E-state index is 12.1. The smallest absolute Gasteiger partial charge is 0.340 e. The molecule has 1 rings (SSSR count). The number of esters is 1. The summed E-state index contributed by atoms with van der Waals surface area (Å²) in [6.07, 6.45) is 0.766. The van der Waals surface area contributed by atoms with Gasteiger partial charge in [0.25, 0.3) is 11.6 Å². The maximum atomic E-state index is 12.1. The van der Waals surface area contributed by atoms with Gasteiger partial charge in [0.15, 0.2) is 0 Å². The first-order chi connectivity index (χ1) is 10.9. The van der Waals surface area contributed by atoms with Crippen molar-refractivity contribution in [2.75, 3.05) is 31.8 Å². The van der Waals surface area contributed by atoms with Crippen LogP contribution in [0.1, 0.15) is 30.6 Å². The van der Waals surface area contributed by atoms with Crippen LogP contribution in [0, 0.1) is 10.1 Å². The molecule has 0 aliphatic carbocycles. The molecule has 23 heavy (non-hydrogen) atoms. The maximum Gasteiger partial charge on any atom is 0.340 e. The fourth-order valence-corrected chi connectivity index (χ4v) is 1.83. The number of likely N-dealkylation sites (N-methyl/N-ethyl adjacent to an activating group) is 1. The molecule has 0 spiro atoms. The molecule has 0 N–H and O–H groups in total. The van der Waals surface area contributed by atoms with Crippen LogP contribution in [0.4, 0.5) is 11.4 Å². The van der Waals surface area contributed by atoms with E-state index in [4.69, 9.17) is 9.47 Å². The molecular weight excluding hydrogens is 304 g/mol. The molecule has 0 radical (unpaired) electrons. The van der Waals surface area contributed by atoms with Gasteiger partial charge in [0.05, 0.1) is 22.8 Å². The molecule has 1 aromatic rings. The lowest BCUT2D eigenvalue weighted by Gasteiger charge is -2.20. The van der Waals surface area contributed by atoms with Crippen LogP contribution in [0.5, 0.6) is 0 Å². The number of amides is 1. The van der Waals surface area contributed by atoms with Crippen LogP contribution < -0.4 is 4.90 Å². The van der Waals surface area contributed by atoms with E-state index in [1.807, 2.05) is 6.92 Å². The monoisotopic (exact) mass is 324 g/mol. The number of anilines is 1. The van der Waals surface area contributed by atoms with E-state index in [1.54, 1.807) is 6.92 Å². The normalized spacial score (nSPS) is 10.2. The molecule has 0 aromatic heterocycles. The Hall–Kier alpha value is -2.48. The average molecular weight is 324 g/mol. The van der Waals surface area contributed by atoms with Crippen LogP contribution in [0.2, 0.25) is 0 Å². The summed E-state index contributed by atoms with van der Waals surface area (Å²) < 4.78 is 10.1. The molecule has 0 heterocycles. The molecule has 1 aromatic carbocycles. The number of hydrogen-bond acceptors (Lipinski definition) is 6. The van der Waals surface area contributed by atoms with Crippen molar-refractivity contribution in [1.82, 2.24) is 0 Å². The minimum absolute atomic E-state index is 0.0868. The second-order valence-corrected chi connectivity index (χ2v) is 4.68. The van der Waals surface area contributed by atoms with Gasteiger partial charge in [-0.2, -0.15) is 0 Å². The first-order valence-corrected chi connectivity index (χ1v) is 7.22. The summed E-state index contributed by atoms with van der Waals surface area (Å²) >= 11 is 0. The Balaban J connectivity index is 3.12. The van der Waals surface area contributed by atoms with Crippen LogP contribution in [-0.2, 0) is 14.3 Å². The Morgan fingerprint density at radius 2 is 2.00 bits per heavy atom. The van der Waals surface area contributed by atoms with Crippen molar-refractivity contribution < 1.29 is 24.0 Å². The molecule has 0 atom stereocenters. The van der Waals surface area contributed by atoms with E-state index in [9.17, 15) is 19.7 Å². The van der Waals surface area contributed by atoms with Crippen LogP contribution in [0.3, 0.4) is 0 Å². The number of nitro groups is 1. The van der Waals surface area contributed by atoms with Crippen molar-refractivity contribution in [3.8, 4) is 0 Å². The zero-order valence-corrected chi connectivity index (χ0v) is 13.4. The van der Waals surface area contributed by atoms with E-state index in [-0.39, 0.29) is 30.2 Å². The first-order valence-electron chi connectivity index (χ1n) is 7.22. The Morgan fingerprint density at radius 1 is 1.30 bits per heavy atom. The Morgan fingerprint density at radius 3 is 2.57 bits per heavy atom. The highest BCUT2D eigenvalue weighted by Gasteiger charge is 2.22. The topological polar surface area (TPSA) is 99.0 Å². The van der Waals surface area contributed by atoms with E-state index in [2.05, 4.69) is 0 Å². The van der Waals surface area contributed by atoms with Crippen molar-refractivity contribution in [2.45, 2.75) is 20.3 Å². The molecule has 0 saturated heterocycles. The van der Waals surface area contributed by atoms with Gasteiger partial charge in [0.1, 0.15) is 6.61 Å². The fraction of sp³-hybridized carbons (Fsp3) is 0.467. The number of benzene rings is 1. The van der Waals surface area contributed by atoms with Gasteiger partial charge >= 0.3 is 5.97 Å². The molecule has 0 bridgehead atoms. The number of nitrogens with zero attached hydrogens (tertiary/aromatic N) is 2. The average Bonchev–Trinajstić information content (AvgIpc) is 2.53. The lowest BCUT2D eigenvalue weighted by molar-refractivity contribution is -0.384. The lowest BCUT2D eigenvalue weighted by atomic mass is 10.1. The van der Waals surface area contributed by atoms with E-state index in [1.165, 1.54) is 25.2 Å². The minimum atomic E-state index is -0.647. The summed E-state index contributed by atoms with van der Waals surface area (Å²) in [5.41, 5.74) is -0.0197. The Kier molecular flexibility index (Phi) is 7.14. The zero-order valence-electron chi connectivity index (χ0n) is 13.4. The highest BCUT2D eigenvalue weighted by Crippen LogP contribution is 2.26. The molecule has 126 valence electrons. The molecule has 8 nitrogen and oxygen atoms in total. The quantitative estimate of drug-likeness (QED) is 0.314. The number of hydrogen-bond donors (Lipinski definition) is 0. The van der Waals surface area contributed by atoms with Gasteiger partial charge in [-0.15, -0.1) is 0 Å². The fourth-order valence-electron chi connectivity index (χ4n) is 1.83. The van der Waals surface area contributed by atoms with E-state index in [0.717, 1.165) is 11.3 Å². The molecule has 0 aliphatic heterocycles. The van der Waals surface area contributed by atoms with Crippen molar-refractivity contribution in [1.29, 1.82) is 0 Å². The molecule has 0 saturated carbocycles. The van der Waals surface area contributed by atoms with Crippen molar-refractivity contribution in [3.63, 3.8) is 0 Å². The third-order valence-corrected chi connectivity index (χ3v) is 3.00. The Bertz CT molecular complexity index is 587. The van der Waals surface area contributed by atoms with Crippen LogP contribution in [0.15, 0.2) is 18.2 Å². The molecule has 8 heteroatoms. The van der Waals surface area contributed by atoms with Gasteiger partial charge in [-0.25, -0.2) is 4.79 Å². The predicted octanol–water partition coefficient (Wildman–Crippen LogP) is 2.16. The molecular formula is C15H20N2O6. The molecule has 0 fully saturated rings. The van der Waals surface area contributed by atoms with Gasteiger partial charge in [-0.3, -0.25) is 14.9 Å². The lowest BCUT2D eigenvalue weighted by Crippen LogP contribution is -2.31. The van der Waals surface area contributed by atoms with E-state index < -0.39 is 16.8 Å². The van der Waals surface area contributed by atoms with Gasteiger partial charge < -0.3 is 14.4 Å². The molecule has 1 amide bonds. The van der Waals surface area contributed by atoms with Crippen LogP contribution >= 0.6 is 0 Å². The summed E-state index contributed by atoms with van der Waals surface area (Å²) in [6, 6.07) is 3.65. The summed E-state index contributed by atoms with van der Waals surface area (Å²) in [5.74, 6) is -1.06. The Labute approximate surface area is 134 Å². The minimum Gasteiger partial charge on any atom is -0.462 e. The number of ether oxygens (including phenoxy) is 2. The standard InChI is InChI=1S/C15H20N2O6/c1-4-8-22-10-14(18)16(3)13-9-11(17(20)21)6-7-12(13)15(19)23-5-2/h6-7,9H,4-5,8,10H2,1-3H3. The van der Waals surface area contributed by atoms with Crippen molar-refractivity contribution in [3.05, 3.63) is 33.9 Å². The van der Waals surface area contributed by atoms with E-state index >= 15 is 0 Å².